The van der Waals surface area contributed by atoms with E-state index in [2.05, 4.69) is 53.3 Å². The van der Waals surface area contributed by atoms with E-state index in [0.717, 1.165) is 16.7 Å². The number of anilines is 1. The van der Waals surface area contributed by atoms with Gasteiger partial charge in [0, 0.05) is 5.69 Å². The minimum Gasteiger partial charge on any atom is -0.490 e. The van der Waals surface area contributed by atoms with Crippen molar-refractivity contribution in [3.63, 3.8) is 0 Å². The molecule has 0 unspecified atom stereocenters. The molecule has 0 atom stereocenters. The van der Waals surface area contributed by atoms with Gasteiger partial charge in [0.2, 0.25) is 0 Å². The molecule has 0 bridgehead atoms. The van der Waals surface area contributed by atoms with Gasteiger partial charge in [0.1, 0.15) is 18.2 Å². The zero-order valence-corrected chi connectivity index (χ0v) is 22.2. The van der Waals surface area contributed by atoms with Crippen molar-refractivity contribution in [2.45, 2.75) is 41.2 Å². The maximum absolute atomic E-state index is 12.8. The van der Waals surface area contributed by atoms with Crippen molar-refractivity contribution in [1.82, 2.24) is 0 Å². The molecule has 0 saturated heterocycles. The normalized spacial score (nSPS) is 11.1. The van der Waals surface area contributed by atoms with Gasteiger partial charge in [0.05, 0.1) is 11.1 Å². The van der Waals surface area contributed by atoms with Crippen molar-refractivity contribution < 1.29 is 14.3 Å². The van der Waals surface area contributed by atoms with E-state index in [1.54, 1.807) is 12.1 Å². The lowest BCUT2D eigenvalue weighted by atomic mass is 10.1. The van der Waals surface area contributed by atoms with Crippen LogP contribution in [0.1, 0.15) is 40.3 Å². The molecule has 0 saturated carbocycles. The van der Waals surface area contributed by atoms with E-state index in [-0.39, 0.29) is 5.57 Å². The molecule has 0 radical (unpaired) electrons. The second-order valence-electron chi connectivity index (χ2n) is 8.49. The molecule has 3 rings (SSSR count). The number of halogens is 1. The van der Waals surface area contributed by atoms with Gasteiger partial charge in [0.25, 0.3) is 5.91 Å². The summed E-state index contributed by atoms with van der Waals surface area (Å²) in [6, 6.07) is 17.7. The average molecular weight is 533 g/mol. The fourth-order valence-electron chi connectivity index (χ4n) is 3.76. The SMILES string of the molecule is CCOc1cc(/C=C(\C#N)C(=O)Nc2cc(C)ccc2C)cc(Br)c1OCc1cc(C)cc(C)c1. The molecule has 0 aliphatic heterocycles. The number of carbonyl (C=O) groups is 1. The number of hydrogen-bond acceptors (Lipinski definition) is 4. The Morgan fingerprint density at radius 2 is 1.71 bits per heavy atom. The molecule has 1 N–H and O–H groups in total. The number of nitrogens with one attached hydrogen (secondary N) is 1. The molecule has 5 nitrogen and oxygen atoms in total. The predicted molar refractivity (Wildman–Crippen MR) is 144 cm³/mol. The minimum absolute atomic E-state index is 0.0100. The average Bonchev–Trinajstić information content (AvgIpc) is 2.79. The summed E-state index contributed by atoms with van der Waals surface area (Å²) in [4.78, 5) is 12.8. The van der Waals surface area contributed by atoms with Gasteiger partial charge < -0.3 is 14.8 Å². The van der Waals surface area contributed by atoms with E-state index in [4.69, 9.17) is 9.47 Å². The van der Waals surface area contributed by atoms with Gasteiger partial charge in [-0.05, 0) is 97.1 Å². The van der Waals surface area contributed by atoms with Crippen molar-refractivity contribution in [2.75, 3.05) is 11.9 Å². The fourth-order valence-corrected chi connectivity index (χ4v) is 4.33. The summed E-state index contributed by atoms with van der Waals surface area (Å²) >= 11 is 3.57. The molecular formula is C29H29BrN2O3. The van der Waals surface area contributed by atoms with Crippen LogP contribution < -0.4 is 14.8 Å². The number of benzene rings is 3. The lowest BCUT2D eigenvalue weighted by Crippen LogP contribution is -2.14. The highest BCUT2D eigenvalue weighted by Gasteiger charge is 2.15. The maximum Gasteiger partial charge on any atom is 0.266 e. The number of nitriles is 1. The van der Waals surface area contributed by atoms with E-state index >= 15 is 0 Å². The van der Waals surface area contributed by atoms with Crippen LogP contribution in [0.15, 0.2) is 58.6 Å². The van der Waals surface area contributed by atoms with Crippen molar-refractivity contribution >= 4 is 33.6 Å². The third-order valence-corrected chi connectivity index (χ3v) is 5.90. The lowest BCUT2D eigenvalue weighted by Gasteiger charge is -2.15. The van der Waals surface area contributed by atoms with Gasteiger partial charge >= 0.3 is 0 Å². The standard InChI is InChI=1S/C29H29BrN2O3/c1-6-34-27-15-22(13-24(16-31)29(33)32-26-12-18(2)7-8-21(26)5)14-25(30)28(27)35-17-23-10-19(3)9-20(4)11-23/h7-15H,6,17H2,1-5H3,(H,32,33)/b24-13+. The van der Waals surface area contributed by atoms with E-state index in [1.165, 1.54) is 11.1 Å². The molecule has 3 aromatic carbocycles. The first kappa shape index (κ1) is 26.1. The molecule has 1 amide bonds. The molecule has 0 fully saturated rings. The van der Waals surface area contributed by atoms with Gasteiger partial charge in [-0.2, -0.15) is 5.26 Å². The first-order valence-electron chi connectivity index (χ1n) is 11.4. The quantitative estimate of drug-likeness (QED) is 0.245. The van der Waals surface area contributed by atoms with Crippen LogP contribution in [0.25, 0.3) is 6.08 Å². The molecule has 0 aliphatic carbocycles. The van der Waals surface area contributed by atoms with Crippen molar-refractivity contribution in [1.29, 1.82) is 5.26 Å². The summed E-state index contributed by atoms with van der Waals surface area (Å²) in [5.74, 6) is 0.636. The monoisotopic (exact) mass is 532 g/mol. The predicted octanol–water partition coefficient (Wildman–Crippen LogP) is 7.21. The number of rotatable bonds is 8. The van der Waals surface area contributed by atoms with Crippen molar-refractivity contribution in [2.24, 2.45) is 0 Å². The first-order valence-corrected chi connectivity index (χ1v) is 12.2. The second-order valence-corrected chi connectivity index (χ2v) is 9.34. The number of aryl methyl sites for hydroxylation is 4. The van der Waals surface area contributed by atoms with E-state index in [1.807, 2.05) is 51.1 Å². The molecule has 6 heteroatoms. The van der Waals surface area contributed by atoms with E-state index in [9.17, 15) is 10.1 Å². The number of amides is 1. The number of hydrogen-bond donors (Lipinski definition) is 1. The summed E-state index contributed by atoms with van der Waals surface area (Å²) < 4.78 is 12.6. The Morgan fingerprint density at radius 3 is 2.37 bits per heavy atom. The van der Waals surface area contributed by atoms with Crippen LogP contribution >= 0.6 is 15.9 Å². The van der Waals surface area contributed by atoms with Crippen molar-refractivity contribution in [3.8, 4) is 17.6 Å². The molecule has 0 aromatic heterocycles. The number of carbonyl (C=O) groups excluding carboxylic acids is 1. The molecule has 3 aromatic rings. The Morgan fingerprint density at radius 1 is 1.00 bits per heavy atom. The Labute approximate surface area is 215 Å². The minimum atomic E-state index is -0.467. The second kappa shape index (κ2) is 11.7. The Kier molecular flexibility index (Phi) is 8.73. The molecule has 180 valence electrons. The Hall–Kier alpha value is -3.56. The van der Waals surface area contributed by atoms with Gasteiger partial charge in [0.15, 0.2) is 11.5 Å². The molecule has 0 heterocycles. The molecule has 0 spiro atoms. The number of ether oxygens (including phenoxy) is 2. The highest BCUT2D eigenvalue weighted by Crippen LogP contribution is 2.38. The van der Waals surface area contributed by atoms with Gasteiger partial charge in [-0.25, -0.2) is 0 Å². The first-order chi connectivity index (χ1) is 16.7. The number of nitrogens with zero attached hydrogens (tertiary/aromatic N) is 1. The topological polar surface area (TPSA) is 71.3 Å². The van der Waals surface area contributed by atoms with Gasteiger partial charge in [-0.3, -0.25) is 4.79 Å². The summed E-state index contributed by atoms with van der Waals surface area (Å²) in [5, 5.41) is 12.5. The van der Waals surface area contributed by atoms with Crippen LogP contribution in [0.2, 0.25) is 0 Å². The van der Waals surface area contributed by atoms with E-state index < -0.39 is 5.91 Å². The van der Waals surface area contributed by atoms with Crippen LogP contribution in [0.3, 0.4) is 0 Å². The highest BCUT2D eigenvalue weighted by atomic mass is 79.9. The maximum atomic E-state index is 12.8. The van der Waals surface area contributed by atoms with E-state index in [0.29, 0.717) is 40.4 Å². The summed E-state index contributed by atoms with van der Waals surface area (Å²) in [5.41, 5.74) is 6.68. The van der Waals surface area contributed by atoms with Gasteiger partial charge in [-0.15, -0.1) is 0 Å². The third-order valence-electron chi connectivity index (χ3n) is 5.31. The van der Waals surface area contributed by atoms with Crippen LogP contribution in [-0.2, 0) is 11.4 Å². The summed E-state index contributed by atoms with van der Waals surface area (Å²) in [6.07, 6.45) is 1.54. The largest absolute Gasteiger partial charge is 0.490 e. The zero-order valence-electron chi connectivity index (χ0n) is 20.7. The fraction of sp³-hybridized carbons (Fsp3) is 0.241. The highest BCUT2D eigenvalue weighted by molar-refractivity contribution is 9.10. The Balaban J connectivity index is 1.87. The molecule has 0 aliphatic rings. The van der Waals surface area contributed by atoms with Crippen LogP contribution in [0.5, 0.6) is 11.5 Å². The summed E-state index contributed by atoms with van der Waals surface area (Å²) in [6.45, 7) is 10.7. The molecular weight excluding hydrogens is 504 g/mol. The smallest absolute Gasteiger partial charge is 0.266 e. The van der Waals surface area contributed by atoms with Crippen LogP contribution in [-0.4, -0.2) is 12.5 Å². The third kappa shape index (κ3) is 6.97. The summed E-state index contributed by atoms with van der Waals surface area (Å²) in [7, 11) is 0. The van der Waals surface area contributed by atoms with Crippen molar-refractivity contribution in [3.05, 3.63) is 92.0 Å². The van der Waals surface area contributed by atoms with Crippen LogP contribution in [0, 0.1) is 39.0 Å². The van der Waals surface area contributed by atoms with Gasteiger partial charge in [-0.1, -0.05) is 41.5 Å². The lowest BCUT2D eigenvalue weighted by molar-refractivity contribution is -0.112. The van der Waals surface area contributed by atoms with Crippen LogP contribution in [0.4, 0.5) is 5.69 Å². The molecule has 35 heavy (non-hydrogen) atoms. The zero-order chi connectivity index (χ0) is 25.5. The Bertz CT molecular complexity index is 1300.